The minimum Gasteiger partial charge on any atom is -0.212 e. The van der Waals surface area contributed by atoms with E-state index in [1.165, 1.54) is 0 Å². The Hall–Kier alpha value is -0.600. The molecule has 14 heavy (non-hydrogen) atoms. The summed E-state index contributed by atoms with van der Waals surface area (Å²) in [6.45, 7) is 2.03. The first-order chi connectivity index (χ1) is 6.56. The summed E-state index contributed by atoms with van der Waals surface area (Å²) in [5.74, 6) is 0.636. The smallest absolute Gasteiger partial charge is 0.212 e. The van der Waals surface area contributed by atoms with Gasteiger partial charge >= 0.3 is 0 Å². The van der Waals surface area contributed by atoms with Crippen molar-refractivity contribution in [2.45, 2.75) is 37.9 Å². The highest BCUT2D eigenvalue weighted by Crippen LogP contribution is 2.27. The SMILES string of the molecule is CC1CCC(S(=O)(=O)NCC#N)CC1. The van der Waals surface area contributed by atoms with Crippen LogP contribution in [0.25, 0.3) is 0 Å². The van der Waals surface area contributed by atoms with Gasteiger partial charge in [0, 0.05) is 0 Å². The number of nitrogens with one attached hydrogen (secondary N) is 1. The molecule has 1 saturated carbocycles. The molecule has 0 unspecified atom stereocenters. The van der Waals surface area contributed by atoms with Crippen LogP contribution in [0.5, 0.6) is 0 Å². The second-order valence-corrected chi connectivity index (χ2v) is 5.95. The van der Waals surface area contributed by atoms with Gasteiger partial charge in [0.2, 0.25) is 10.0 Å². The lowest BCUT2D eigenvalue weighted by Crippen LogP contribution is -2.36. The number of hydrogen-bond acceptors (Lipinski definition) is 3. The average Bonchev–Trinajstić information content (AvgIpc) is 2.16. The molecule has 0 radical (unpaired) electrons. The van der Waals surface area contributed by atoms with E-state index in [4.69, 9.17) is 5.26 Å². The molecule has 0 spiro atoms. The van der Waals surface area contributed by atoms with Gasteiger partial charge in [-0.15, -0.1) is 0 Å². The molecular weight excluding hydrogens is 200 g/mol. The molecule has 1 fully saturated rings. The van der Waals surface area contributed by atoms with Crippen molar-refractivity contribution in [3.8, 4) is 6.07 Å². The van der Waals surface area contributed by atoms with Gasteiger partial charge in [-0.05, 0) is 31.6 Å². The van der Waals surface area contributed by atoms with Gasteiger partial charge in [-0.3, -0.25) is 0 Å². The molecule has 1 rings (SSSR count). The minimum atomic E-state index is -3.24. The van der Waals surface area contributed by atoms with Crippen molar-refractivity contribution in [3.63, 3.8) is 0 Å². The Balaban J connectivity index is 2.52. The zero-order valence-electron chi connectivity index (χ0n) is 8.36. The first-order valence-electron chi connectivity index (χ1n) is 4.91. The highest BCUT2D eigenvalue weighted by molar-refractivity contribution is 7.90. The zero-order chi connectivity index (χ0) is 10.6. The highest BCUT2D eigenvalue weighted by atomic mass is 32.2. The van der Waals surface area contributed by atoms with Crippen LogP contribution in [0.15, 0.2) is 0 Å². The number of nitriles is 1. The largest absolute Gasteiger partial charge is 0.215 e. The molecule has 5 heteroatoms. The van der Waals surface area contributed by atoms with Gasteiger partial charge in [-0.25, -0.2) is 13.1 Å². The summed E-state index contributed by atoms with van der Waals surface area (Å²) in [7, 11) is -3.24. The normalized spacial score (nSPS) is 28.3. The van der Waals surface area contributed by atoms with Crippen molar-refractivity contribution in [1.82, 2.24) is 4.72 Å². The Morgan fingerprint density at radius 2 is 1.93 bits per heavy atom. The molecule has 0 aromatic rings. The fourth-order valence-corrected chi connectivity index (χ4v) is 3.18. The standard InChI is InChI=1S/C9H16N2O2S/c1-8-2-4-9(5-3-8)14(12,13)11-7-6-10/h8-9,11H,2-5,7H2,1H3. The second kappa shape index (κ2) is 4.76. The predicted octanol–water partition coefficient (Wildman–Crippen LogP) is 1.01. The Morgan fingerprint density at radius 3 is 2.43 bits per heavy atom. The van der Waals surface area contributed by atoms with Crippen molar-refractivity contribution >= 4 is 10.0 Å². The third-order valence-corrected chi connectivity index (χ3v) is 4.65. The molecule has 80 valence electrons. The molecule has 1 aliphatic carbocycles. The molecule has 0 aromatic heterocycles. The average molecular weight is 216 g/mol. The van der Waals surface area contributed by atoms with Crippen LogP contribution in [-0.2, 0) is 10.0 Å². The van der Waals surface area contributed by atoms with E-state index in [2.05, 4.69) is 11.6 Å². The third kappa shape index (κ3) is 2.96. The van der Waals surface area contributed by atoms with Crippen LogP contribution in [0.3, 0.4) is 0 Å². The van der Waals surface area contributed by atoms with E-state index in [-0.39, 0.29) is 11.8 Å². The Morgan fingerprint density at radius 1 is 1.36 bits per heavy atom. The fourth-order valence-electron chi connectivity index (χ4n) is 1.79. The summed E-state index contributed by atoms with van der Waals surface area (Å²) in [5.41, 5.74) is 0. The maximum Gasteiger partial charge on any atom is 0.215 e. The zero-order valence-corrected chi connectivity index (χ0v) is 9.18. The summed E-state index contributed by atoms with van der Waals surface area (Å²) in [5, 5.41) is 8.01. The van der Waals surface area contributed by atoms with Crippen LogP contribution in [0.2, 0.25) is 0 Å². The first-order valence-corrected chi connectivity index (χ1v) is 6.46. The van der Waals surface area contributed by atoms with Crippen molar-refractivity contribution < 1.29 is 8.42 Å². The van der Waals surface area contributed by atoms with Crippen LogP contribution >= 0.6 is 0 Å². The predicted molar refractivity (Wildman–Crippen MR) is 54.0 cm³/mol. The summed E-state index contributed by atoms with van der Waals surface area (Å²) >= 11 is 0. The van der Waals surface area contributed by atoms with Crippen LogP contribution in [-0.4, -0.2) is 20.2 Å². The molecule has 0 heterocycles. The topological polar surface area (TPSA) is 70.0 Å². The summed E-state index contributed by atoms with van der Waals surface area (Å²) in [6, 6.07) is 1.78. The van der Waals surface area contributed by atoms with Crippen LogP contribution in [0, 0.1) is 17.2 Å². The quantitative estimate of drug-likeness (QED) is 0.716. The molecule has 0 atom stereocenters. The van der Waals surface area contributed by atoms with Gasteiger partial charge in [0.05, 0.1) is 17.9 Å². The molecule has 4 nitrogen and oxygen atoms in total. The van der Waals surface area contributed by atoms with Gasteiger partial charge < -0.3 is 0 Å². The van der Waals surface area contributed by atoms with Crippen LogP contribution in [0.1, 0.15) is 32.6 Å². The lowest BCUT2D eigenvalue weighted by atomic mass is 9.91. The number of sulfonamides is 1. The van der Waals surface area contributed by atoms with Gasteiger partial charge in [0.15, 0.2) is 0 Å². The molecule has 1 aliphatic rings. The molecule has 0 bridgehead atoms. The van der Waals surface area contributed by atoms with Crippen molar-refractivity contribution in [2.75, 3.05) is 6.54 Å². The van der Waals surface area contributed by atoms with Gasteiger partial charge in [0.1, 0.15) is 0 Å². The van der Waals surface area contributed by atoms with Crippen LogP contribution < -0.4 is 4.72 Å². The van der Waals surface area contributed by atoms with Gasteiger partial charge in [-0.2, -0.15) is 5.26 Å². The molecule has 0 saturated heterocycles. The molecule has 1 N–H and O–H groups in total. The van der Waals surface area contributed by atoms with Crippen LogP contribution in [0.4, 0.5) is 0 Å². The Kier molecular flexibility index (Phi) is 3.90. The van der Waals surface area contributed by atoms with E-state index >= 15 is 0 Å². The van der Waals surface area contributed by atoms with Crippen molar-refractivity contribution in [1.29, 1.82) is 5.26 Å². The molecule has 0 aromatic carbocycles. The first kappa shape index (κ1) is 11.5. The van der Waals surface area contributed by atoms with E-state index in [9.17, 15) is 8.42 Å². The summed E-state index contributed by atoms with van der Waals surface area (Å²) in [4.78, 5) is 0. The minimum absolute atomic E-state index is 0.117. The molecule has 0 amide bonds. The Bertz CT molecular complexity index is 310. The van der Waals surface area contributed by atoms with E-state index in [1.54, 1.807) is 6.07 Å². The summed E-state index contributed by atoms with van der Waals surface area (Å²) < 4.78 is 25.5. The van der Waals surface area contributed by atoms with E-state index in [0.29, 0.717) is 5.92 Å². The fraction of sp³-hybridized carbons (Fsp3) is 0.889. The summed E-state index contributed by atoms with van der Waals surface area (Å²) in [6.07, 6.45) is 3.39. The number of rotatable bonds is 3. The monoisotopic (exact) mass is 216 g/mol. The Labute approximate surface area is 85.4 Å². The molecular formula is C9H16N2O2S. The number of hydrogen-bond donors (Lipinski definition) is 1. The van der Waals surface area contributed by atoms with Gasteiger partial charge in [-0.1, -0.05) is 6.92 Å². The van der Waals surface area contributed by atoms with Crippen molar-refractivity contribution in [3.05, 3.63) is 0 Å². The lowest BCUT2D eigenvalue weighted by Gasteiger charge is -2.25. The maximum atomic E-state index is 11.6. The van der Waals surface area contributed by atoms with E-state index in [0.717, 1.165) is 25.7 Å². The van der Waals surface area contributed by atoms with E-state index < -0.39 is 10.0 Å². The number of nitrogens with zero attached hydrogens (tertiary/aromatic N) is 1. The highest BCUT2D eigenvalue weighted by Gasteiger charge is 2.28. The van der Waals surface area contributed by atoms with Gasteiger partial charge in [0.25, 0.3) is 0 Å². The third-order valence-electron chi connectivity index (χ3n) is 2.75. The molecule has 0 aliphatic heterocycles. The van der Waals surface area contributed by atoms with E-state index in [1.807, 2.05) is 0 Å². The maximum absolute atomic E-state index is 11.6. The lowest BCUT2D eigenvalue weighted by molar-refractivity contribution is 0.381. The van der Waals surface area contributed by atoms with Crippen molar-refractivity contribution in [2.24, 2.45) is 5.92 Å². The second-order valence-electron chi connectivity index (χ2n) is 3.91.